The van der Waals surface area contributed by atoms with Gasteiger partial charge >= 0.3 is 0 Å². The Morgan fingerprint density at radius 1 is 1.57 bits per heavy atom. The van der Waals surface area contributed by atoms with Gasteiger partial charge in [0.05, 0.1) is 6.61 Å². The summed E-state index contributed by atoms with van der Waals surface area (Å²) in [5, 5.41) is 0. The predicted octanol–water partition coefficient (Wildman–Crippen LogP) is 3.98. The third kappa shape index (κ3) is 2.61. The van der Waals surface area contributed by atoms with Crippen molar-refractivity contribution in [3.8, 4) is 5.75 Å². The Hall–Kier alpha value is -0.760. The fraction of sp³-hybridized carbons (Fsp3) is 0.250. The molecule has 0 N–H and O–H groups in total. The van der Waals surface area contributed by atoms with E-state index in [0.717, 1.165) is 21.7 Å². The Bertz CT molecular complexity index is 320. The van der Waals surface area contributed by atoms with E-state index in [1.165, 1.54) is 0 Å². The third-order valence-corrected chi connectivity index (χ3v) is 2.47. The molecule has 1 rings (SSSR count). The topological polar surface area (TPSA) is 9.23 Å². The lowest BCUT2D eigenvalue weighted by molar-refractivity contribution is 0.338. The second-order valence-electron chi connectivity index (χ2n) is 2.96. The zero-order valence-corrected chi connectivity index (χ0v) is 10.1. The van der Waals surface area contributed by atoms with Crippen LogP contribution in [0.2, 0.25) is 0 Å². The minimum atomic E-state index is 0.680. The van der Waals surface area contributed by atoms with Gasteiger partial charge in [-0.1, -0.05) is 28.9 Å². The van der Waals surface area contributed by atoms with E-state index >= 15 is 0 Å². The van der Waals surface area contributed by atoms with Gasteiger partial charge in [0.15, 0.2) is 0 Å². The van der Waals surface area contributed by atoms with Crippen molar-refractivity contribution in [1.29, 1.82) is 0 Å². The summed E-state index contributed by atoms with van der Waals surface area (Å²) in [7, 11) is 0. The van der Waals surface area contributed by atoms with Crippen molar-refractivity contribution in [3.05, 3.63) is 46.8 Å². The third-order valence-electron chi connectivity index (χ3n) is 1.97. The molecule has 0 spiro atoms. The van der Waals surface area contributed by atoms with Gasteiger partial charge in [0.1, 0.15) is 5.75 Å². The Kier molecular flexibility index (Phi) is 4.21. The molecule has 0 bridgehead atoms. The fourth-order valence-corrected chi connectivity index (χ4v) is 1.56. The Morgan fingerprint density at radius 3 is 2.86 bits per heavy atom. The summed E-state index contributed by atoms with van der Waals surface area (Å²) in [6.07, 6.45) is 1.84. The van der Waals surface area contributed by atoms with Crippen molar-refractivity contribution in [2.45, 2.75) is 13.8 Å². The average Bonchev–Trinajstić information content (AvgIpc) is 2.20. The number of hydrogen-bond donors (Lipinski definition) is 0. The van der Waals surface area contributed by atoms with Crippen LogP contribution in [0.1, 0.15) is 19.4 Å². The molecule has 1 aromatic rings. The first-order valence-electron chi connectivity index (χ1n) is 4.57. The second kappa shape index (κ2) is 5.20. The van der Waals surface area contributed by atoms with Crippen LogP contribution in [0.15, 0.2) is 35.3 Å². The van der Waals surface area contributed by atoms with Crippen LogP contribution >= 0.6 is 15.9 Å². The van der Waals surface area contributed by atoms with Gasteiger partial charge in [-0.05, 0) is 25.1 Å². The Morgan fingerprint density at radius 2 is 2.29 bits per heavy atom. The highest BCUT2D eigenvalue weighted by molar-refractivity contribution is 9.10. The number of hydrogen-bond acceptors (Lipinski definition) is 1. The van der Waals surface area contributed by atoms with Crippen LogP contribution in [-0.2, 0) is 0 Å². The molecule has 1 radical (unpaired) electrons. The molecule has 0 aliphatic rings. The van der Waals surface area contributed by atoms with Crippen molar-refractivity contribution < 1.29 is 4.74 Å². The van der Waals surface area contributed by atoms with Gasteiger partial charge in [0, 0.05) is 16.0 Å². The van der Waals surface area contributed by atoms with Crippen molar-refractivity contribution in [1.82, 2.24) is 0 Å². The maximum absolute atomic E-state index is 5.53. The smallest absolute Gasteiger partial charge is 0.123 e. The quantitative estimate of drug-likeness (QED) is 0.789. The van der Waals surface area contributed by atoms with Crippen LogP contribution in [-0.4, -0.2) is 6.61 Å². The molecule has 1 aromatic carbocycles. The summed E-state index contributed by atoms with van der Waals surface area (Å²) in [5.41, 5.74) is 1.09. The van der Waals surface area contributed by atoms with Crippen molar-refractivity contribution >= 4 is 15.9 Å². The van der Waals surface area contributed by atoms with Crippen LogP contribution in [0.5, 0.6) is 5.75 Å². The van der Waals surface area contributed by atoms with Gasteiger partial charge in [0.2, 0.25) is 0 Å². The highest BCUT2D eigenvalue weighted by atomic mass is 79.9. The monoisotopic (exact) mass is 253 g/mol. The van der Waals surface area contributed by atoms with E-state index in [1.807, 2.05) is 38.1 Å². The molecule has 2 heteroatoms. The van der Waals surface area contributed by atoms with Crippen molar-refractivity contribution in [2.24, 2.45) is 0 Å². The van der Waals surface area contributed by atoms with Crippen LogP contribution in [0.3, 0.4) is 0 Å². The maximum Gasteiger partial charge on any atom is 0.123 e. The molecule has 0 saturated carbocycles. The van der Waals surface area contributed by atoms with Crippen molar-refractivity contribution in [2.75, 3.05) is 6.61 Å². The Balaban J connectivity index is 3.08. The first kappa shape index (κ1) is 11.3. The molecular formula is C12H14BrO. The van der Waals surface area contributed by atoms with Crippen LogP contribution < -0.4 is 4.74 Å². The molecule has 0 aliphatic carbocycles. The van der Waals surface area contributed by atoms with E-state index in [1.54, 1.807) is 0 Å². The lowest BCUT2D eigenvalue weighted by Gasteiger charge is -2.13. The van der Waals surface area contributed by atoms with Gasteiger partial charge in [-0.3, -0.25) is 0 Å². The fourth-order valence-electron chi connectivity index (χ4n) is 1.20. The molecule has 0 aromatic heterocycles. The first-order valence-corrected chi connectivity index (χ1v) is 5.37. The molecule has 14 heavy (non-hydrogen) atoms. The normalized spacial score (nSPS) is 10.3. The average molecular weight is 254 g/mol. The molecule has 1 nitrogen and oxygen atoms in total. The highest BCUT2D eigenvalue weighted by Crippen LogP contribution is 2.29. The second-order valence-corrected chi connectivity index (χ2v) is 3.88. The molecule has 0 amide bonds. The summed E-state index contributed by atoms with van der Waals surface area (Å²) in [6, 6.07) is 5.99. The van der Waals surface area contributed by atoms with E-state index < -0.39 is 0 Å². The van der Waals surface area contributed by atoms with E-state index in [-0.39, 0.29) is 0 Å². The van der Waals surface area contributed by atoms with Gasteiger partial charge in [-0.25, -0.2) is 0 Å². The van der Waals surface area contributed by atoms with Crippen molar-refractivity contribution in [3.63, 3.8) is 0 Å². The zero-order valence-electron chi connectivity index (χ0n) is 8.51. The minimum absolute atomic E-state index is 0.680. The number of allylic oxidation sites excluding steroid dienone is 1. The van der Waals surface area contributed by atoms with Crippen LogP contribution in [0.25, 0.3) is 0 Å². The van der Waals surface area contributed by atoms with E-state index in [0.29, 0.717) is 6.61 Å². The van der Waals surface area contributed by atoms with Gasteiger partial charge in [0.25, 0.3) is 0 Å². The summed E-state index contributed by atoms with van der Waals surface area (Å²) < 4.78 is 6.58. The standard InChI is InChI=1S/C12H14BrO/c1-4-9(3)11-8-10(13)6-7-12(11)14-5-2/h4,6-8H,1,5H2,2-3H3. The van der Waals surface area contributed by atoms with E-state index in [4.69, 9.17) is 4.74 Å². The molecule has 0 saturated heterocycles. The highest BCUT2D eigenvalue weighted by Gasteiger charge is 2.09. The van der Waals surface area contributed by atoms with Gasteiger partial charge in [-0.2, -0.15) is 0 Å². The van der Waals surface area contributed by atoms with Gasteiger partial charge in [-0.15, -0.1) is 6.58 Å². The first-order chi connectivity index (χ1) is 6.69. The number of ether oxygens (including phenoxy) is 1. The summed E-state index contributed by atoms with van der Waals surface area (Å²) in [4.78, 5) is 0. The summed E-state index contributed by atoms with van der Waals surface area (Å²) in [5.74, 6) is 2.03. The lowest BCUT2D eigenvalue weighted by atomic mass is 10.0. The van der Waals surface area contributed by atoms with Crippen LogP contribution in [0, 0.1) is 5.92 Å². The summed E-state index contributed by atoms with van der Waals surface area (Å²) >= 11 is 3.44. The molecule has 0 aliphatic heterocycles. The largest absolute Gasteiger partial charge is 0.494 e. The lowest BCUT2D eigenvalue weighted by Crippen LogP contribution is -1.99. The minimum Gasteiger partial charge on any atom is -0.494 e. The SMILES string of the molecule is C=C[C](C)c1cc(Br)ccc1OCC. The maximum atomic E-state index is 5.53. The molecular weight excluding hydrogens is 240 g/mol. The van der Waals surface area contributed by atoms with E-state index in [2.05, 4.69) is 22.5 Å². The summed E-state index contributed by atoms with van der Waals surface area (Å²) in [6.45, 7) is 8.45. The van der Waals surface area contributed by atoms with Gasteiger partial charge < -0.3 is 4.74 Å². The molecule has 0 heterocycles. The number of benzene rings is 1. The molecule has 75 valence electrons. The number of rotatable bonds is 4. The molecule has 0 fully saturated rings. The molecule has 0 unspecified atom stereocenters. The molecule has 0 atom stereocenters. The number of halogens is 1. The zero-order chi connectivity index (χ0) is 10.6. The van der Waals surface area contributed by atoms with Crippen LogP contribution in [0.4, 0.5) is 0 Å². The Labute approximate surface area is 93.9 Å². The predicted molar refractivity (Wildman–Crippen MR) is 63.5 cm³/mol. The van der Waals surface area contributed by atoms with E-state index in [9.17, 15) is 0 Å².